The number of carbonyl (C=O) groups is 1. The van der Waals surface area contributed by atoms with E-state index in [4.69, 9.17) is 0 Å². The first-order valence-electron chi connectivity index (χ1n) is 7.75. The second-order valence-corrected chi connectivity index (χ2v) is 7.81. The second kappa shape index (κ2) is 6.37. The molecule has 128 valence electrons. The summed E-state index contributed by atoms with van der Waals surface area (Å²) in [6, 6.07) is 5.91. The third-order valence-corrected chi connectivity index (χ3v) is 6.08. The van der Waals surface area contributed by atoms with Gasteiger partial charge >= 0.3 is 0 Å². The van der Waals surface area contributed by atoms with Gasteiger partial charge in [0.25, 0.3) is 5.56 Å². The number of hydrogen-bond donors (Lipinski definition) is 0. The normalized spacial score (nSPS) is 15.7. The van der Waals surface area contributed by atoms with E-state index >= 15 is 0 Å². The van der Waals surface area contributed by atoms with Gasteiger partial charge in [-0.25, -0.2) is 8.42 Å². The largest absolute Gasteiger partial charge is 0.348 e. The van der Waals surface area contributed by atoms with Crippen molar-refractivity contribution < 1.29 is 13.2 Å². The van der Waals surface area contributed by atoms with Crippen LogP contribution in [0.25, 0.3) is 0 Å². The second-order valence-electron chi connectivity index (χ2n) is 5.87. The lowest BCUT2D eigenvalue weighted by Gasteiger charge is -2.16. The lowest BCUT2D eigenvalue weighted by atomic mass is 10.3. The molecule has 1 aliphatic rings. The monoisotopic (exact) mass is 349 g/mol. The molecule has 24 heavy (non-hydrogen) atoms. The van der Waals surface area contributed by atoms with Crippen LogP contribution in [0, 0.1) is 0 Å². The molecule has 0 unspecified atom stereocenters. The first-order valence-corrected chi connectivity index (χ1v) is 9.19. The minimum atomic E-state index is -3.62. The third-order valence-electron chi connectivity index (χ3n) is 4.20. The van der Waals surface area contributed by atoms with Gasteiger partial charge in [-0.05, 0) is 31.0 Å². The standard InChI is InChI=1S/C16H19N3O4S/c1-17-8-4-5-14(17)15(20)12-18-11-13(6-7-16(18)21)24(22,23)19-9-2-3-10-19/h4-8,11H,2-3,9-10,12H2,1H3. The molecule has 0 bridgehead atoms. The van der Waals surface area contributed by atoms with Crippen LogP contribution in [0.3, 0.4) is 0 Å². The Balaban J connectivity index is 1.91. The molecule has 0 aliphatic carbocycles. The maximum Gasteiger partial charge on any atom is 0.251 e. The number of ketones is 1. The first-order chi connectivity index (χ1) is 11.4. The summed E-state index contributed by atoms with van der Waals surface area (Å²) in [5.41, 5.74) is 0.0626. The molecule has 0 spiro atoms. The van der Waals surface area contributed by atoms with Gasteiger partial charge in [0.1, 0.15) is 0 Å². The first kappa shape index (κ1) is 16.7. The number of aromatic nitrogens is 2. The molecular weight excluding hydrogens is 330 g/mol. The average molecular weight is 349 g/mol. The molecule has 3 heterocycles. The van der Waals surface area contributed by atoms with Crippen LogP contribution in [0.5, 0.6) is 0 Å². The van der Waals surface area contributed by atoms with E-state index in [2.05, 4.69) is 0 Å². The Morgan fingerprint density at radius 1 is 1.17 bits per heavy atom. The molecule has 7 nitrogen and oxygen atoms in total. The molecule has 1 saturated heterocycles. The van der Waals surface area contributed by atoms with Gasteiger partial charge in [0.2, 0.25) is 10.0 Å². The van der Waals surface area contributed by atoms with Crippen molar-refractivity contribution in [3.63, 3.8) is 0 Å². The molecule has 0 N–H and O–H groups in total. The van der Waals surface area contributed by atoms with E-state index in [0.29, 0.717) is 18.8 Å². The van der Waals surface area contributed by atoms with Crippen LogP contribution in [0.1, 0.15) is 23.3 Å². The quantitative estimate of drug-likeness (QED) is 0.750. The van der Waals surface area contributed by atoms with Crippen LogP contribution in [-0.4, -0.2) is 40.7 Å². The van der Waals surface area contributed by atoms with Crippen molar-refractivity contribution in [3.05, 3.63) is 52.7 Å². The van der Waals surface area contributed by atoms with Crippen molar-refractivity contribution >= 4 is 15.8 Å². The molecular formula is C16H19N3O4S. The minimum Gasteiger partial charge on any atom is -0.348 e. The number of nitrogens with zero attached hydrogens (tertiary/aromatic N) is 3. The molecule has 2 aromatic rings. The van der Waals surface area contributed by atoms with Gasteiger partial charge in [0.15, 0.2) is 5.78 Å². The Morgan fingerprint density at radius 3 is 2.50 bits per heavy atom. The zero-order chi connectivity index (χ0) is 17.3. The van der Waals surface area contributed by atoms with Crippen LogP contribution in [0.4, 0.5) is 0 Å². The van der Waals surface area contributed by atoms with E-state index in [1.165, 1.54) is 22.6 Å². The highest BCUT2D eigenvalue weighted by molar-refractivity contribution is 7.89. The lowest BCUT2D eigenvalue weighted by Crippen LogP contribution is -2.30. The number of rotatable bonds is 5. The number of pyridine rings is 1. The Hall–Kier alpha value is -2.19. The summed E-state index contributed by atoms with van der Waals surface area (Å²) in [6.45, 7) is 0.785. The predicted octanol–water partition coefficient (Wildman–Crippen LogP) is 0.854. The molecule has 1 aliphatic heterocycles. The fourth-order valence-corrected chi connectivity index (χ4v) is 4.39. The van der Waals surface area contributed by atoms with Crippen molar-refractivity contribution in [1.29, 1.82) is 0 Å². The number of aryl methyl sites for hydroxylation is 1. The lowest BCUT2D eigenvalue weighted by molar-refractivity contribution is 0.0962. The highest BCUT2D eigenvalue weighted by Crippen LogP contribution is 2.19. The topological polar surface area (TPSA) is 81.4 Å². The predicted molar refractivity (Wildman–Crippen MR) is 88.4 cm³/mol. The van der Waals surface area contributed by atoms with Crippen LogP contribution in [0.15, 0.2) is 46.3 Å². The SMILES string of the molecule is Cn1cccc1C(=O)Cn1cc(S(=O)(=O)N2CCCC2)ccc1=O. The van der Waals surface area contributed by atoms with Gasteiger partial charge in [-0.1, -0.05) is 0 Å². The fourth-order valence-electron chi connectivity index (χ4n) is 2.85. The highest BCUT2D eigenvalue weighted by atomic mass is 32.2. The van der Waals surface area contributed by atoms with Crippen molar-refractivity contribution in [2.45, 2.75) is 24.3 Å². The molecule has 2 aromatic heterocycles. The number of sulfonamides is 1. The van der Waals surface area contributed by atoms with Crippen LogP contribution in [-0.2, 0) is 23.6 Å². The molecule has 0 aromatic carbocycles. The average Bonchev–Trinajstić information content (AvgIpc) is 3.20. The molecule has 3 rings (SSSR count). The van der Waals surface area contributed by atoms with Gasteiger partial charge in [-0.3, -0.25) is 9.59 Å². The molecule has 0 saturated carbocycles. The van der Waals surface area contributed by atoms with Crippen molar-refractivity contribution in [1.82, 2.24) is 13.4 Å². The van der Waals surface area contributed by atoms with E-state index in [9.17, 15) is 18.0 Å². The molecule has 0 atom stereocenters. The third kappa shape index (κ3) is 3.07. The number of Topliss-reactive ketones (excluding diaryl/α,β-unsaturated/α-hetero) is 1. The molecule has 0 radical (unpaired) electrons. The summed E-state index contributed by atoms with van der Waals surface area (Å²) in [4.78, 5) is 24.4. The number of hydrogen-bond acceptors (Lipinski definition) is 4. The summed E-state index contributed by atoms with van der Waals surface area (Å²) in [5.74, 6) is -0.250. The molecule has 8 heteroatoms. The van der Waals surface area contributed by atoms with E-state index < -0.39 is 15.6 Å². The summed E-state index contributed by atoms with van der Waals surface area (Å²) >= 11 is 0. The van der Waals surface area contributed by atoms with Gasteiger partial charge in [0.05, 0.1) is 17.1 Å². The van der Waals surface area contributed by atoms with Crippen molar-refractivity contribution in [2.24, 2.45) is 7.05 Å². The van der Waals surface area contributed by atoms with Gasteiger partial charge in [0, 0.05) is 38.6 Å². The summed E-state index contributed by atoms with van der Waals surface area (Å²) < 4.78 is 29.4. The minimum absolute atomic E-state index is 0.0451. The zero-order valence-electron chi connectivity index (χ0n) is 13.4. The van der Waals surface area contributed by atoms with E-state index in [-0.39, 0.29) is 17.2 Å². The van der Waals surface area contributed by atoms with Gasteiger partial charge in [-0.15, -0.1) is 0 Å². The van der Waals surface area contributed by atoms with Gasteiger partial charge < -0.3 is 9.13 Å². The Bertz CT molecular complexity index is 921. The zero-order valence-corrected chi connectivity index (χ0v) is 14.2. The Morgan fingerprint density at radius 2 is 1.88 bits per heavy atom. The smallest absolute Gasteiger partial charge is 0.251 e. The maximum absolute atomic E-state index is 12.6. The van der Waals surface area contributed by atoms with Crippen LogP contribution in [0.2, 0.25) is 0 Å². The van der Waals surface area contributed by atoms with E-state index in [1.807, 2.05) is 0 Å². The summed E-state index contributed by atoms with van der Waals surface area (Å²) in [7, 11) is -1.88. The maximum atomic E-state index is 12.6. The number of carbonyl (C=O) groups excluding carboxylic acids is 1. The van der Waals surface area contributed by atoms with E-state index in [0.717, 1.165) is 17.4 Å². The van der Waals surface area contributed by atoms with Gasteiger partial charge in [-0.2, -0.15) is 4.31 Å². The van der Waals surface area contributed by atoms with Crippen LogP contribution >= 0.6 is 0 Å². The van der Waals surface area contributed by atoms with E-state index in [1.54, 1.807) is 29.9 Å². The van der Waals surface area contributed by atoms with Crippen molar-refractivity contribution in [2.75, 3.05) is 13.1 Å². The Kier molecular flexibility index (Phi) is 4.42. The summed E-state index contributed by atoms with van der Waals surface area (Å²) in [5, 5.41) is 0. The van der Waals surface area contributed by atoms with Crippen molar-refractivity contribution in [3.8, 4) is 0 Å². The summed E-state index contributed by atoms with van der Waals surface area (Å²) in [6.07, 6.45) is 4.68. The highest BCUT2D eigenvalue weighted by Gasteiger charge is 2.27. The Labute approximate surface area is 140 Å². The molecule has 0 amide bonds. The fraction of sp³-hybridized carbons (Fsp3) is 0.375. The molecule has 1 fully saturated rings. The van der Waals surface area contributed by atoms with Crippen LogP contribution < -0.4 is 5.56 Å².